The third kappa shape index (κ3) is 3.53. The number of rotatable bonds is 3. The highest BCUT2D eigenvalue weighted by atomic mass is 16.2. The Hall–Kier alpha value is -1.15. The molecule has 11 heavy (non-hydrogen) atoms. The van der Waals surface area contributed by atoms with Crippen LogP contribution in [0.3, 0.4) is 0 Å². The molecule has 4 heteroatoms. The van der Waals surface area contributed by atoms with Crippen LogP contribution in [0, 0.1) is 0 Å². The SMILES string of the molecule is CCCN(CC)C(=O)N=C=O. The van der Waals surface area contributed by atoms with E-state index in [1.807, 2.05) is 13.8 Å². The first-order chi connectivity index (χ1) is 5.26. The zero-order chi connectivity index (χ0) is 8.69. The third-order valence-electron chi connectivity index (χ3n) is 1.29. The van der Waals surface area contributed by atoms with Crippen LogP contribution in [0.15, 0.2) is 4.99 Å². The molecule has 62 valence electrons. The maximum atomic E-state index is 10.9. The van der Waals surface area contributed by atoms with E-state index in [0.29, 0.717) is 13.1 Å². The zero-order valence-electron chi connectivity index (χ0n) is 6.83. The smallest absolute Gasteiger partial charge is 0.323 e. The van der Waals surface area contributed by atoms with Crippen molar-refractivity contribution < 1.29 is 9.59 Å². The molecule has 0 aliphatic heterocycles. The molecule has 0 radical (unpaired) electrons. The van der Waals surface area contributed by atoms with Gasteiger partial charge >= 0.3 is 6.03 Å². The van der Waals surface area contributed by atoms with E-state index in [9.17, 15) is 9.59 Å². The minimum Gasteiger partial charge on any atom is -0.323 e. The Bertz CT molecular complexity index is 173. The number of hydrogen-bond donors (Lipinski definition) is 0. The molecule has 0 aromatic heterocycles. The average Bonchev–Trinajstić information content (AvgIpc) is 2.00. The van der Waals surface area contributed by atoms with Gasteiger partial charge in [-0.15, -0.1) is 4.99 Å². The maximum Gasteiger partial charge on any atom is 0.354 e. The fourth-order valence-electron chi connectivity index (χ4n) is 0.769. The van der Waals surface area contributed by atoms with Gasteiger partial charge in [-0.25, -0.2) is 9.59 Å². The second-order valence-corrected chi connectivity index (χ2v) is 2.07. The van der Waals surface area contributed by atoms with Crippen molar-refractivity contribution >= 4 is 12.1 Å². The molecule has 0 aromatic rings. The van der Waals surface area contributed by atoms with Crippen LogP contribution in [0.1, 0.15) is 20.3 Å². The number of carbonyl (C=O) groups is 1. The van der Waals surface area contributed by atoms with Crippen molar-refractivity contribution in [3.05, 3.63) is 0 Å². The number of amides is 2. The molecule has 2 amide bonds. The van der Waals surface area contributed by atoms with Crippen molar-refractivity contribution in [3.63, 3.8) is 0 Å². The van der Waals surface area contributed by atoms with Gasteiger partial charge in [0.05, 0.1) is 0 Å². The molecule has 0 atom stereocenters. The molecule has 0 rings (SSSR count). The van der Waals surface area contributed by atoms with Crippen LogP contribution in [0.2, 0.25) is 0 Å². The number of aliphatic imine (C=N–C) groups is 1. The van der Waals surface area contributed by atoms with E-state index in [1.54, 1.807) is 0 Å². The van der Waals surface area contributed by atoms with E-state index < -0.39 is 6.03 Å². The summed E-state index contributed by atoms with van der Waals surface area (Å²) in [4.78, 5) is 25.0. The lowest BCUT2D eigenvalue weighted by Gasteiger charge is -2.15. The van der Waals surface area contributed by atoms with Gasteiger partial charge < -0.3 is 4.90 Å². The summed E-state index contributed by atoms with van der Waals surface area (Å²) in [5.41, 5.74) is 0. The molecule has 0 spiro atoms. The van der Waals surface area contributed by atoms with E-state index >= 15 is 0 Å². The van der Waals surface area contributed by atoms with E-state index in [4.69, 9.17) is 0 Å². The summed E-state index contributed by atoms with van der Waals surface area (Å²) in [5, 5.41) is 0. The first kappa shape index (κ1) is 9.85. The van der Waals surface area contributed by atoms with E-state index in [0.717, 1.165) is 6.42 Å². The van der Waals surface area contributed by atoms with Gasteiger partial charge in [-0.05, 0) is 13.3 Å². The quantitative estimate of drug-likeness (QED) is 0.455. The number of isocyanates is 1. The van der Waals surface area contributed by atoms with Gasteiger partial charge in [0.15, 0.2) is 0 Å². The second-order valence-electron chi connectivity index (χ2n) is 2.07. The van der Waals surface area contributed by atoms with E-state index in [-0.39, 0.29) is 0 Å². The molecule has 0 aliphatic carbocycles. The lowest BCUT2D eigenvalue weighted by molar-refractivity contribution is 0.211. The van der Waals surface area contributed by atoms with E-state index in [1.165, 1.54) is 11.0 Å². The maximum absolute atomic E-state index is 10.9. The van der Waals surface area contributed by atoms with Crippen LogP contribution < -0.4 is 0 Å². The van der Waals surface area contributed by atoms with Gasteiger partial charge in [-0.3, -0.25) is 0 Å². The predicted octanol–water partition coefficient (Wildman–Crippen LogP) is 1.17. The van der Waals surface area contributed by atoms with Crippen LogP contribution in [0.25, 0.3) is 0 Å². The lowest BCUT2D eigenvalue weighted by atomic mass is 10.4. The third-order valence-corrected chi connectivity index (χ3v) is 1.29. The summed E-state index contributed by atoms with van der Waals surface area (Å²) in [5.74, 6) is 0. The summed E-state index contributed by atoms with van der Waals surface area (Å²) in [6.45, 7) is 5.02. The number of carbonyl (C=O) groups excluding carboxylic acids is 2. The van der Waals surface area contributed by atoms with Gasteiger partial charge in [-0.1, -0.05) is 6.92 Å². The normalized spacial score (nSPS) is 8.55. The van der Waals surface area contributed by atoms with Crippen molar-refractivity contribution in [1.82, 2.24) is 4.90 Å². The van der Waals surface area contributed by atoms with Crippen molar-refractivity contribution in [2.45, 2.75) is 20.3 Å². The zero-order valence-corrected chi connectivity index (χ0v) is 6.83. The Labute approximate surface area is 65.9 Å². The first-order valence-electron chi connectivity index (χ1n) is 3.63. The monoisotopic (exact) mass is 156 g/mol. The molecule has 0 aromatic carbocycles. The summed E-state index contributed by atoms with van der Waals surface area (Å²) in [7, 11) is 0. The number of nitrogens with zero attached hydrogens (tertiary/aromatic N) is 2. The Morgan fingerprint density at radius 1 is 1.55 bits per heavy atom. The first-order valence-corrected chi connectivity index (χ1v) is 3.63. The van der Waals surface area contributed by atoms with Crippen LogP contribution in [-0.4, -0.2) is 30.1 Å². The average molecular weight is 156 g/mol. The summed E-state index contributed by atoms with van der Waals surface area (Å²) in [6.07, 6.45) is 2.09. The molecule has 0 heterocycles. The van der Waals surface area contributed by atoms with Gasteiger partial charge in [0, 0.05) is 13.1 Å². The van der Waals surface area contributed by atoms with Crippen LogP contribution >= 0.6 is 0 Å². The lowest BCUT2D eigenvalue weighted by Crippen LogP contribution is -2.28. The van der Waals surface area contributed by atoms with Crippen molar-refractivity contribution in [3.8, 4) is 0 Å². The molecular weight excluding hydrogens is 144 g/mol. The minimum absolute atomic E-state index is 0.496. The van der Waals surface area contributed by atoms with Gasteiger partial charge in [0.25, 0.3) is 0 Å². The van der Waals surface area contributed by atoms with E-state index in [2.05, 4.69) is 4.99 Å². The highest BCUT2D eigenvalue weighted by Gasteiger charge is 2.07. The fraction of sp³-hybridized carbons (Fsp3) is 0.714. The minimum atomic E-state index is -0.496. The molecular formula is C7H12N2O2. The van der Waals surface area contributed by atoms with Crippen molar-refractivity contribution in [2.24, 2.45) is 4.99 Å². The predicted molar refractivity (Wildman–Crippen MR) is 41.1 cm³/mol. The Morgan fingerprint density at radius 2 is 2.18 bits per heavy atom. The molecule has 0 saturated carbocycles. The molecule has 4 nitrogen and oxygen atoms in total. The van der Waals surface area contributed by atoms with Crippen molar-refractivity contribution in [2.75, 3.05) is 13.1 Å². The van der Waals surface area contributed by atoms with Crippen LogP contribution in [-0.2, 0) is 4.79 Å². The molecule has 0 unspecified atom stereocenters. The van der Waals surface area contributed by atoms with Gasteiger partial charge in [-0.2, -0.15) is 0 Å². The standard InChI is InChI=1S/C7H12N2O2/c1-3-5-9(4-2)7(11)8-6-10/h3-5H2,1-2H3. The highest BCUT2D eigenvalue weighted by molar-refractivity contribution is 5.79. The second kappa shape index (κ2) is 5.62. The van der Waals surface area contributed by atoms with Gasteiger partial charge in [0.2, 0.25) is 6.08 Å². The highest BCUT2D eigenvalue weighted by Crippen LogP contribution is 1.93. The molecule has 0 fully saturated rings. The Balaban J connectivity index is 4.01. The number of hydrogen-bond acceptors (Lipinski definition) is 2. The molecule has 0 aliphatic rings. The number of urea groups is 1. The molecule has 0 bridgehead atoms. The van der Waals surface area contributed by atoms with Gasteiger partial charge in [0.1, 0.15) is 0 Å². The largest absolute Gasteiger partial charge is 0.354 e. The molecule has 0 N–H and O–H groups in total. The fourth-order valence-corrected chi connectivity index (χ4v) is 0.769. The topological polar surface area (TPSA) is 49.7 Å². The van der Waals surface area contributed by atoms with Crippen molar-refractivity contribution in [1.29, 1.82) is 0 Å². The Morgan fingerprint density at radius 3 is 2.55 bits per heavy atom. The summed E-state index contributed by atoms with van der Waals surface area (Å²) in [6, 6.07) is -0.496. The van der Waals surface area contributed by atoms with Crippen LogP contribution in [0.4, 0.5) is 4.79 Å². The Kier molecular flexibility index (Phi) is 5.03. The molecule has 0 saturated heterocycles. The summed E-state index contributed by atoms with van der Waals surface area (Å²) < 4.78 is 0. The summed E-state index contributed by atoms with van der Waals surface area (Å²) >= 11 is 0. The van der Waals surface area contributed by atoms with Crippen LogP contribution in [0.5, 0.6) is 0 Å².